The summed E-state index contributed by atoms with van der Waals surface area (Å²) in [7, 11) is 0. The van der Waals surface area contributed by atoms with Gasteiger partial charge in [-0.1, -0.05) is 41.5 Å². The summed E-state index contributed by atoms with van der Waals surface area (Å²) < 4.78 is 0. The molecule has 0 spiro atoms. The Morgan fingerprint density at radius 1 is 0.900 bits per heavy atom. The van der Waals surface area contributed by atoms with E-state index in [-0.39, 0.29) is 0 Å². The van der Waals surface area contributed by atoms with Crippen LogP contribution in [0.3, 0.4) is 0 Å². The second-order valence-corrected chi connectivity index (χ2v) is 7.23. The number of aliphatic carboxylic acids is 3. The van der Waals surface area contributed by atoms with Crippen molar-refractivity contribution in [3.05, 3.63) is 0 Å². The molecule has 0 aromatic rings. The number of hydrogen-bond acceptors (Lipinski definition) is 3. The third-order valence-corrected chi connectivity index (χ3v) is 3.76. The molecule has 0 aromatic carbocycles. The van der Waals surface area contributed by atoms with Crippen LogP contribution in [-0.4, -0.2) is 33.2 Å². The summed E-state index contributed by atoms with van der Waals surface area (Å²) in [5.74, 6) is -5.34. The van der Waals surface area contributed by atoms with Gasteiger partial charge in [-0.25, -0.2) is 0 Å². The van der Waals surface area contributed by atoms with E-state index in [9.17, 15) is 24.6 Å². The molecule has 0 aromatic heterocycles. The van der Waals surface area contributed by atoms with Crippen LogP contribution in [-0.2, 0) is 14.4 Å². The number of carboxylic acids is 3. The first-order valence-corrected chi connectivity index (χ1v) is 6.36. The van der Waals surface area contributed by atoms with Gasteiger partial charge in [-0.3, -0.25) is 14.4 Å². The van der Waals surface area contributed by atoms with E-state index in [1.807, 2.05) is 0 Å². The summed E-state index contributed by atoms with van der Waals surface area (Å²) in [6.45, 7) is 9.51. The lowest BCUT2D eigenvalue weighted by molar-refractivity contribution is -0.184. The monoisotopic (exact) mass is 288 g/mol. The molecule has 0 fully saturated rings. The number of rotatable bonds is 5. The van der Waals surface area contributed by atoms with Gasteiger partial charge in [-0.15, -0.1) is 0 Å². The minimum atomic E-state index is -1.90. The van der Waals surface area contributed by atoms with E-state index in [2.05, 4.69) is 0 Å². The molecule has 20 heavy (non-hydrogen) atoms. The van der Waals surface area contributed by atoms with Crippen LogP contribution in [0.25, 0.3) is 0 Å². The summed E-state index contributed by atoms with van der Waals surface area (Å²) >= 11 is 0. The first-order valence-electron chi connectivity index (χ1n) is 6.36. The van der Waals surface area contributed by atoms with Crippen molar-refractivity contribution in [2.75, 3.05) is 0 Å². The zero-order valence-corrected chi connectivity index (χ0v) is 12.9. The van der Waals surface area contributed by atoms with Crippen molar-refractivity contribution in [1.82, 2.24) is 0 Å². The van der Waals surface area contributed by atoms with Gasteiger partial charge in [0.15, 0.2) is 0 Å². The lowest BCUT2D eigenvalue weighted by Crippen LogP contribution is -2.56. The van der Waals surface area contributed by atoms with Gasteiger partial charge in [0.25, 0.3) is 0 Å². The van der Waals surface area contributed by atoms with E-state index < -0.39 is 46.5 Å². The van der Waals surface area contributed by atoms with Gasteiger partial charge < -0.3 is 15.3 Å². The normalized spacial score (nSPS) is 17.1. The van der Waals surface area contributed by atoms with Crippen LogP contribution in [0.1, 0.15) is 48.0 Å². The molecule has 0 bridgehead atoms. The van der Waals surface area contributed by atoms with Crippen LogP contribution < -0.4 is 0 Å². The quantitative estimate of drug-likeness (QED) is 0.715. The molecule has 0 rings (SSSR count). The lowest BCUT2D eigenvalue weighted by atomic mass is 9.52. The molecule has 6 heteroatoms. The standard InChI is InChI=1S/C14H24O6/c1-12(2,3)9(10(17)18)14(11(19)20,7-8(15)16)13(4,5)6/h9H,7H2,1-6H3,(H,15,16)(H,17,18)(H,19,20). The molecule has 0 saturated heterocycles. The molecule has 0 aliphatic rings. The highest BCUT2D eigenvalue weighted by molar-refractivity contribution is 5.88. The van der Waals surface area contributed by atoms with E-state index in [0.29, 0.717) is 0 Å². The molecule has 2 unspecified atom stereocenters. The van der Waals surface area contributed by atoms with Gasteiger partial charge in [0.05, 0.1) is 17.8 Å². The van der Waals surface area contributed by atoms with E-state index in [1.165, 1.54) is 0 Å². The number of hydrogen-bond donors (Lipinski definition) is 3. The topological polar surface area (TPSA) is 112 Å². The average molecular weight is 288 g/mol. The minimum Gasteiger partial charge on any atom is -0.481 e. The van der Waals surface area contributed by atoms with Crippen molar-refractivity contribution in [1.29, 1.82) is 0 Å². The van der Waals surface area contributed by atoms with Gasteiger partial charge in [-0.2, -0.15) is 0 Å². The van der Waals surface area contributed by atoms with Gasteiger partial charge in [-0.05, 0) is 10.8 Å². The largest absolute Gasteiger partial charge is 0.481 e. The van der Waals surface area contributed by atoms with Gasteiger partial charge in [0.1, 0.15) is 0 Å². The predicted molar refractivity (Wildman–Crippen MR) is 72.4 cm³/mol. The number of carbonyl (C=O) groups is 3. The molecule has 0 aliphatic heterocycles. The molecule has 2 atom stereocenters. The van der Waals surface area contributed by atoms with Crippen LogP contribution >= 0.6 is 0 Å². The van der Waals surface area contributed by atoms with E-state index in [1.54, 1.807) is 41.5 Å². The van der Waals surface area contributed by atoms with Gasteiger partial charge >= 0.3 is 17.9 Å². The molecule has 0 saturated carbocycles. The van der Waals surface area contributed by atoms with E-state index >= 15 is 0 Å². The molecule has 0 radical (unpaired) electrons. The second-order valence-electron chi connectivity index (χ2n) is 7.23. The van der Waals surface area contributed by atoms with Crippen molar-refractivity contribution in [3.63, 3.8) is 0 Å². The van der Waals surface area contributed by atoms with Crippen LogP contribution in [0.15, 0.2) is 0 Å². The Bertz CT molecular complexity index is 412. The Labute approximate surface area is 118 Å². The van der Waals surface area contributed by atoms with Crippen LogP contribution in [0.4, 0.5) is 0 Å². The van der Waals surface area contributed by atoms with Crippen LogP contribution in [0.5, 0.6) is 0 Å². The molecular weight excluding hydrogens is 264 g/mol. The molecule has 0 amide bonds. The maximum Gasteiger partial charge on any atom is 0.311 e. The fraction of sp³-hybridized carbons (Fsp3) is 0.786. The Morgan fingerprint density at radius 2 is 1.30 bits per heavy atom. The van der Waals surface area contributed by atoms with Crippen LogP contribution in [0, 0.1) is 22.2 Å². The molecule has 116 valence electrons. The Morgan fingerprint density at radius 3 is 1.45 bits per heavy atom. The van der Waals surface area contributed by atoms with Crippen molar-refractivity contribution in [3.8, 4) is 0 Å². The van der Waals surface area contributed by atoms with Crippen molar-refractivity contribution in [2.45, 2.75) is 48.0 Å². The summed E-state index contributed by atoms with van der Waals surface area (Å²) in [6, 6.07) is 0. The Hall–Kier alpha value is -1.59. The van der Waals surface area contributed by atoms with Gasteiger partial charge in [0.2, 0.25) is 0 Å². The molecule has 6 nitrogen and oxygen atoms in total. The van der Waals surface area contributed by atoms with E-state index in [4.69, 9.17) is 5.11 Å². The summed E-state index contributed by atoms with van der Waals surface area (Å²) in [6.07, 6.45) is -0.736. The highest BCUT2D eigenvalue weighted by Gasteiger charge is 2.61. The first-order chi connectivity index (χ1) is 8.68. The third kappa shape index (κ3) is 3.29. The average Bonchev–Trinajstić information content (AvgIpc) is 2.09. The maximum absolute atomic E-state index is 11.9. The first kappa shape index (κ1) is 18.4. The SMILES string of the molecule is CC(C)(C)C(C(=O)O)C(CC(=O)O)(C(=O)O)C(C)(C)C. The summed E-state index contributed by atoms with van der Waals surface area (Å²) in [5.41, 5.74) is -3.83. The van der Waals surface area contributed by atoms with Crippen molar-refractivity contribution >= 4 is 17.9 Å². The predicted octanol–water partition coefficient (Wildman–Crippen LogP) is 2.33. The molecule has 0 heterocycles. The summed E-state index contributed by atoms with van der Waals surface area (Å²) in [5, 5.41) is 28.3. The smallest absolute Gasteiger partial charge is 0.311 e. The molecule has 3 N–H and O–H groups in total. The highest BCUT2D eigenvalue weighted by Crippen LogP contribution is 2.53. The third-order valence-electron chi connectivity index (χ3n) is 3.76. The van der Waals surface area contributed by atoms with Crippen molar-refractivity contribution < 1.29 is 29.7 Å². The fourth-order valence-electron chi connectivity index (χ4n) is 2.88. The Kier molecular flexibility index (Phi) is 4.99. The van der Waals surface area contributed by atoms with E-state index in [0.717, 1.165) is 0 Å². The zero-order valence-electron chi connectivity index (χ0n) is 12.9. The summed E-state index contributed by atoms with van der Waals surface area (Å²) in [4.78, 5) is 34.7. The van der Waals surface area contributed by atoms with Crippen molar-refractivity contribution in [2.24, 2.45) is 22.2 Å². The lowest BCUT2D eigenvalue weighted by Gasteiger charge is -2.48. The Balaban J connectivity index is 6.41. The number of carboxylic acid groups (broad SMARTS) is 3. The maximum atomic E-state index is 11.9. The molecule has 0 aliphatic carbocycles. The van der Waals surface area contributed by atoms with Gasteiger partial charge in [0, 0.05) is 0 Å². The highest BCUT2D eigenvalue weighted by atomic mass is 16.4. The van der Waals surface area contributed by atoms with Crippen LogP contribution in [0.2, 0.25) is 0 Å². The zero-order chi connectivity index (χ0) is 16.5. The fourth-order valence-corrected chi connectivity index (χ4v) is 2.88. The minimum absolute atomic E-state index is 0.736. The second kappa shape index (κ2) is 5.42. The molecular formula is C14H24O6.